The Hall–Kier alpha value is -2.37. The first-order valence-electron chi connectivity index (χ1n) is 6.53. The number of nitrogens with one attached hydrogen (secondary N) is 1. The number of hydrogen-bond donors (Lipinski definition) is 1. The smallest absolute Gasteiger partial charge is 0.272 e. The molecule has 1 amide bonds. The molecule has 0 saturated heterocycles. The van der Waals surface area contributed by atoms with Gasteiger partial charge in [-0.05, 0) is 19.1 Å². The fraction of sp³-hybridized carbons (Fsp3) is 0.357. The third kappa shape index (κ3) is 3.34. The average molecular weight is 273 g/mol. The van der Waals surface area contributed by atoms with E-state index in [2.05, 4.69) is 15.4 Å². The lowest BCUT2D eigenvalue weighted by Crippen LogP contribution is -2.26. The van der Waals surface area contributed by atoms with Gasteiger partial charge in [0, 0.05) is 38.9 Å². The van der Waals surface area contributed by atoms with Gasteiger partial charge in [0.15, 0.2) is 0 Å². The molecule has 1 N–H and O–H groups in total. The van der Waals surface area contributed by atoms with Gasteiger partial charge in [0.1, 0.15) is 5.69 Å². The van der Waals surface area contributed by atoms with E-state index in [1.54, 1.807) is 35.1 Å². The summed E-state index contributed by atoms with van der Waals surface area (Å²) in [7, 11) is 3.61. The Morgan fingerprint density at radius 2 is 2.20 bits per heavy atom. The van der Waals surface area contributed by atoms with E-state index >= 15 is 0 Å². The summed E-state index contributed by atoms with van der Waals surface area (Å²) < 4.78 is 1.72. The monoisotopic (exact) mass is 273 g/mol. The number of amides is 1. The molecule has 0 aliphatic carbocycles. The quantitative estimate of drug-likeness (QED) is 0.897. The maximum Gasteiger partial charge on any atom is 0.272 e. The van der Waals surface area contributed by atoms with Crippen LogP contribution in [-0.4, -0.2) is 39.2 Å². The van der Waals surface area contributed by atoms with Crippen molar-refractivity contribution in [2.24, 2.45) is 7.05 Å². The van der Waals surface area contributed by atoms with Gasteiger partial charge >= 0.3 is 0 Å². The number of nitrogens with zero attached hydrogens (tertiary/aromatic N) is 4. The number of hydrogen-bond acceptors (Lipinski definition) is 4. The molecular formula is C14H19N5O. The van der Waals surface area contributed by atoms with E-state index in [0.29, 0.717) is 12.2 Å². The van der Waals surface area contributed by atoms with Gasteiger partial charge in [0.05, 0.1) is 18.1 Å². The first kappa shape index (κ1) is 14.0. The van der Waals surface area contributed by atoms with Crippen LogP contribution >= 0.6 is 0 Å². The van der Waals surface area contributed by atoms with Crippen LogP contribution in [0.1, 0.15) is 23.0 Å². The summed E-state index contributed by atoms with van der Waals surface area (Å²) in [4.78, 5) is 18.1. The molecule has 2 aromatic heterocycles. The summed E-state index contributed by atoms with van der Waals surface area (Å²) in [6, 6.07) is 3.60. The molecule has 0 atom stereocenters. The second-order valence-corrected chi connectivity index (χ2v) is 4.65. The van der Waals surface area contributed by atoms with Gasteiger partial charge in [0.25, 0.3) is 5.91 Å². The van der Waals surface area contributed by atoms with Crippen molar-refractivity contribution in [2.75, 3.05) is 18.9 Å². The minimum atomic E-state index is -0.100. The SMILES string of the molecule is CCNc1ccc(C(=O)N(C)Cc2cnn(C)c2)nc1. The van der Waals surface area contributed by atoms with Crippen LogP contribution in [0.3, 0.4) is 0 Å². The second kappa shape index (κ2) is 6.18. The topological polar surface area (TPSA) is 63.1 Å². The number of carbonyl (C=O) groups excluding carboxylic acids is 1. The summed E-state index contributed by atoms with van der Waals surface area (Å²) in [6.45, 7) is 3.36. The number of carbonyl (C=O) groups is 1. The second-order valence-electron chi connectivity index (χ2n) is 4.65. The first-order valence-corrected chi connectivity index (χ1v) is 6.53. The number of anilines is 1. The number of aromatic nitrogens is 3. The maximum atomic E-state index is 12.2. The number of rotatable bonds is 5. The molecule has 106 valence electrons. The fourth-order valence-corrected chi connectivity index (χ4v) is 1.92. The molecule has 0 radical (unpaired) electrons. The minimum absolute atomic E-state index is 0.100. The molecule has 0 spiro atoms. The van der Waals surface area contributed by atoms with E-state index in [4.69, 9.17) is 0 Å². The fourth-order valence-electron chi connectivity index (χ4n) is 1.92. The summed E-state index contributed by atoms with van der Waals surface area (Å²) in [6.07, 6.45) is 5.32. The predicted octanol–water partition coefficient (Wildman–Crippen LogP) is 1.52. The van der Waals surface area contributed by atoms with E-state index in [9.17, 15) is 4.79 Å². The van der Waals surface area contributed by atoms with Crippen LogP contribution in [0.15, 0.2) is 30.7 Å². The van der Waals surface area contributed by atoms with E-state index in [-0.39, 0.29) is 5.91 Å². The third-order valence-corrected chi connectivity index (χ3v) is 2.89. The van der Waals surface area contributed by atoms with Crippen LogP contribution in [0.2, 0.25) is 0 Å². The van der Waals surface area contributed by atoms with Crippen LogP contribution in [0, 0.1) is 0 Å². The van der Waals surface area contributed by atoms with Gasteiger partial charge < -0.3 is 10.2 Å². The van der Waals surface area contributed by atoms with Crippen molar-refractivity contribution in [1.29, 1.82) is 0 Å². The van der Waals surface area contributed by atoms with Crippen molar-refractivity contribution in [1.82, 2.24) is 19.7 Å². The van der Waals surface area contributed by atoms with Crippen molar-refractivity contribution in [2.45, 2.75) is 13.5 Å². The molecule has 2 heterocycles. The zero-order valence-corrected chi connectivity index (χ0v) is 12.0. The Labute approximate surface area is 118 Å². The van der Waals surface area contributed by atoms with Crippen molar-refractivity contribution in [3.05, 3.63) is 42.0 Å². The van der Waals surface area contributed by atoms with Crippen LogP contribution in [0.4, 0.5) is 5.69 Å². The molecule has 2 rings (SSSR count). The highest BCUT2D eigenvalue weighted by atomic mass is 16.2. The average Bonchev–Trinajstić information content (AvgIpc) is 2.84. The molecule has 6 heteroatoms. The first-order chi connectivity index (χ1) is 9.60. The Morgan fingerprint density at radius 1 is 1.40 bits per heavy atom. The highest BCUT2D eigenvalue weighted by Gasteiger charge is 2.13. The molecule has 0 aromatic carbocycles. The zero-order chi connectivity index (χ0) is 14.5. The number of pyridine rings is 1. The van der Waals surface area contributed by atoms with Gasteiger partial charge in [0.2, 0.25) is 0 Å². The summed E-state index contributed by atoms with van der Waals surface area (Å²) >= 11 is 0. The van der Waals surface area contributed by atoms with E-state index in [0.717, 1.165) is 17.8 Å². The molecule has 0 aliphatic rings. The Kier molecular flexibility index (Phi) is 4.34. The van der Waals surface area contributed by atoms with Gasteiger partial charge in [-0.2, -0.15) is 5.10 Å². The van der Waals surface area contributed by atoms with Gasteiger partial charge in [-0.25, -0.2) is 4.98 Å². The van der Waals surface area contributed by atoms with Gasteiger partial charge in [-0.3, -0.25) is 9.48 Å². The Bertz CT molecular complexity index is 576. The molecule has 20 heavy (non-hydrogen) atoms. The molecule has 0 saturated carbocycles. The lowest BCUT2D eigenvalue weighted by molar-refractivity contribution is 0.0779. The lowest BCUT2D eigenvalue weighted by atomic mass is 10.2. The standard InChI is InChI=1S/C14H19N5O/c1-4-15-12-5-6-13(16-8-12)14(20)18(2)9-11-7-17-19(3)10-11/h5-8,10,15H,4,9H2,1-3H3. The van der Waals surface area contributed by atoms with E-state index in [1.807, 2.05) is 26.2 Å². The molecule has 0 bridgehead atoms. The van der Waals surface area contributed by atoms with E-state index < -0.39 is 0 Å². The van der Waals surface area contributed by atoms with Crippen molar-refractivity contribution in [3.8, 4) is 0 Å². The van der Waals surface area contributed by atoms with Crippen LogP contribution in [0.25, 0.3) is 0 Å². The summed E-state index contributed by atoms with van der Waals surface area (Å²) in [5.74, 6) is -0.100. The highest BCUT2D eigenvalue weighted by Crippen LogP contribution is 2.09. The normalized spacial score (nSPS) is 10.3. The Balaban J connectivity index is 2.02. The molecule has 0 fully saturated rings. The van der Waals surface area contributed by atoms with Crippen LogP contribution in [-0.2, 0) is 13.6 Å². The van der Waals surface area contributed by atoms with Gasteiger partial charge in [-0.1, -0.05) is 0 Å². The van der Waals surface area contributed by atoms with Crippen molar-refractivity contribution < 1.29 is 4.79 Å². The van der Waals surface area contributed by atoms with Crippen molar-refractivity contribution in [3.63, 3.8) is 0 Å². The Morgan fingerprint density at radius 3 is 2.75 bits per heavy atom. The molecule has 0 unspecified atom stereocenters. The highest BCUT2D eigenvalue weighted by molar-refractivity contribution is 5.92. The molecule has 0 aliphatic heterocycles. The van der Waals surface area contributed by atoms with E-state index in [1.165, 1.54) is 0 Å². The molecule has 6 nitrogen and oxygen atoms in total. The van der Waals surface area contributed by atoms with Crippen LogP contribution < -0.4 is 5.32 Å². The largest absolute Gasteiger partial charge is 0.384 e. The summed E-state index contributed by atoms with van der Waals surface area (Å²) in [5, 5.41) is 7.24. The lowest BCUT2D eigenvalue weighted by Gasteiger charge is -2.15. The zero-order valence-electron chi connectivity index (χ0n) is 12.0. The summed E-state index contributed by atoms with van der Waals surface area (Å²) in [5.41, 5.74) is 2.35. The number of aryl methyl sites for hydroxylation is 1. The molecule has 2 aromatic rings. The van der Waals surface area contributed by atoms with Gasteiger partial charge in [-0.15, -0.1) is 0 Å². The third-order valence-electron chi connectivity index (χ3n) is 2.89. The minimum Gasteiger partial charge on any atom is -0.384 e. The van der Waals surface area contributed by atoms with Crippen LogP contribution in [0.5, 0.6) is 0 Å². The predicted molar refractivity (Wildman–Crippen MR) is 77.4 cm³/mol. The molecular weight excluding hydrogens is 254 g/mol. The van der Waals surface area contributed by atoms with Crippen molar-refractivity contribution >= 4 is 11.6 Å². The maximum absolute atomic E-state index is 12.2.